The van der Waals surface area contributed by atoms with Crippen molar-refractivity contribution in [3.8, 4) is 0 Å². The van der Waals surface area contributed by atoms with Gasteiger partial charge in [-0.25, -0.2) is 0 Å². The first kappa shape index (κ1) is 15.0. The minimum atomic E-state index is -0.0743. The van der Waals surface area contributed by atoms with Crippen molar-refractivity contribution in [2.45, 2.75) is 51.7 Å². The van der Waals surface area contributed by atoms with Gasteiger partial charge in [-0.15, -0.1) is 0 Å². The van der Waals surface area contributed by atoms with Gasteiger partial charge in [0.2, 0.25) is 5.91 Å². The van der Waals surface area contributed by atoms with Crippen LogP contribution in [0.4, 0.5) is 0 Å². The van der Waals surface area contributed by atoms with Crippen molar-refractivity contribution in [1.29, 1.82) is 0 Å². The van der Waals surface area contributed by atoms with E-state index >= 15 is 0 Å². The summed E-state index contributed by atoms with van der Waals surface area (Å²) >= 11 is 0. The van der Waals surface area contributed by atoms with Crippen LogP contribution in [-0.2, 0) is 22.6 Å². The number of amides is 1. The van der Waals surface area contributed by atoms with Crippen LogP contribution < -0.4 is 5.32 Å². The van der Waals surface area contributed by atoms with Gasteiger partial charge in [0.15, 0.2) is 0 Å². The summed E-state index contributed by atoms with van der Waals surface area (Å²) in [5.41, 5.74) is 2.44. The number of methoxy groups -OCH3 is 1. The van der Waals surface area contributed by atoms with Crippen LogP contribution in [0.2, 0.25) is 0 Å². The van der Waals surface area contributed by atoms with Gasteiger partial charge < -0.3 is 10.1 Å². The molecule has 20 heavy (non-hydrogen) atoms. The summed E-state index contributed by atoms with van der Waals surface area (Å²) in [5.74, 6) is 0.762. The molecule has 1 heterocycles. The third-order valence-electron chi connectivity index (χ3n) is 3.98. The van der Waals surface area contributed by atoms with Gasteiger partial charge in [0.1, 0.15) is 0 Å². The fourth-order valence-corrected chi connectivity index (χ4v) is 3.30. The highest BCUT2D eigenvalue weighted by Gasteiger charge is 2.38. The Morgan fingerprint density at radius 3 is 2.55 bits per heavy atom. The van der Waals surface area contributed by atoms with E-state index in [1.165, 1.54) is 11.1 Å². The molecule has 0 radical (unpaired) electrons. The highest BCUT2D eigenvalue weighted by atomic mass is 16.5. The van der Waals surface area contributed by atoms with Gasteiger partial charge in [-0.3, -0.25) is 4.79 Å². The molecule has 1 N–H and O–H groups in total. The largest absolute Gasteiger partial charge is 0.380 e. The Bertz CT molecular complexity index is 470. The van der Waals surface area contributed by atoms with Crippen molar-refractivity contribution < 1.29 is 9.53 Å². The molecular weight excluding hydrogens is 250 g/mol. The lowest BCUT2D eigenvalue weighted by Gasteiger charge is -2.32. The van der Waals surface area contributed by atoms with Crippen LogP contribution in [0, 0.1) is 5.92 Å². The van der Waals surface area contributed by atoms with E-state index in [-0.39, 0.29) is 11.4 Å². The maximum atomic E-state index is 11.7. The van der Waals surface area contributed by atoms with Crippen molar-refractivity contribution in [1.82, 2.24) is 5.32 Å². The summed E-state index contributed by atoms with van der Waals surface area (Å²) in [6.07, 6.45) is 3.51. The van der Waals surface area contributed by atoms with Crippen molar-refractivity contribution >= 4 is 5.91 Å². The quantitative estimate of drug-likeness (QED) is 0.866. The highest BCUT2D eigenvalue weighted by Crippen LogP contribution is 2.32. The number of nitrogens with one attached hydrogen (secondary N) is 1. The molecule has 1 aliphatic rings. The number of rotatable bonds is 6. The molecule has 3 heteroatoms. The molecule has 1 aliphatic heterocycles. The van der Waals surface area contributed by atoms with Crippen molar-refractivity contribution in [3.63, 3.8) is 0 Å². The molecule has 2 rings (SSSR count). The third-order valence-corrected chi connectivity index (χ3v) is 3.98. The van der Waals surface area contributed by atoms with E-state index in [9.17, 15) is 4.79 Å². The molecule has 1 atom stereocenters. The predicted octanol–water partition coefficient (Wildman–Crippen LogP) is 3.07. The Morgan fingerprint density at radius 1 is 1.30 bits per heavy atom. The summed E-state index contributed by atoms with van der Waals surface area (Å²) in [6, 6.07) is 8.37. The Labute approximate surface area is 121 Å². The number of hydrogen-bond donors (Lipinski definition) is 1. The standard InChI is InChI=1S/C17H25NO2/c1-13(2)10-17(9-8-16(19)18-17)11-14-6-4-5-7-15(14)12-20-3/h4-7,13H,8-12H2,1-3H3,(H,18,19). The third kappa shape index (κ3) is 3.60. The molecule has 0 aliphatic carbocycles. The van der Waals surface area contributed by atoms with Gasteiger partial charge in [-0.1, -0.05) is 38.1 Å². The van der Waals surface area contributed by atoms with Gasteiger partial charge in [-0.05, 0) is 36.3 Å². The predicted molar refractivity (Wildman–Crippen MR) is 80.4 cm³/mol. The van der Waals surface area contributed by atoms with Gasteiger partial charge in [0.25, 0.3) is 0 Å². The van der Waals surface area contributed by atoms with E-state index in [0.29, 0.717) is 18.9 Å². The number of benzene rings is 1. The van der Waals surface area contributed by atoms with Gasteiger partial charge in [0, 0.05) is 19.1 Å². The van der Waals surface area contributed by atoms with Gasteiger partial charge >= 0.3 is 0 Å². The summed E-state index contributed by atoms with van der Waals surface area (Å²) in [7, 11) is 1.72. The average Bonchev–Trinajstić information content (AvgIpc) is 2.72. The zero-order valence-electron chi connectivity index (χ0n) is 12.7. The lowest BCUT2D eigenvalue weighted by atomic mass is 9.81. The second-order valence-corrected chi connectivity index (χ2v) is 6.30. The Hall–Kier alpha value is -1.35. The van der Waals surface area contributed by atoms with Gasteiger partial charge in [0.05, 0.1) is 6.61 Å². The first-order chi connectivity index (χ1) is 9.54. The second-order valence-electron chi connectivity index (χ2n) is 6.30. The molecule has 1 aromatic carbocycles. The first-order valence-electron chi connectivity index (χ1n) is 7.41. The van der Waals surface area contributed by atoms with Crippen molar-refractivity contribution in [3.05, 3.63) is 35.4 Å². The van der Waals surface area contributed by atoms with E-state index in [1.54, 1.807) is 7.11 Å². The second kappa shape index (κ2) is 6.40. The van der Waals surface area contributed by atoms with Crippen LogP contribution in [0.1, 0.15) is 44.2 Å². The van der Waals surface area contributed by atoms with E-state index in [1.807, 2.05) is 6.07 Å². The van der Waals surface area contributed by atoms with Crippen LogP contribution in [0.3, 0.4) is 0 Å². The molecule has 1 amide bonds. The Balaban J connectivity index is 2.22. The van der Waals surface area contributed by atoms with E-state index in [0.717, 1.165) is 19.3 Å². The topological polar surface area (TPSA) is 38.3 Å². The number of carbonyl (C=O) groups excluding carboxylic acids is 1. The molecule has 3 nitrogen and oxygen atoms in total. The molecule has 0 aromatic heterocycles. The summed E-state index contributed by atoms with van der Waals surface area (Å²) in [5, 5.41) is 3.24. The Morgan fingerprint density at radius 2 is 2.00 bits per heavy atom. The molecule has 0 bridgehead atoms. The monoisotopic (exact) mass is 275 g/mol. The van der Waals surface area contributed by atoms with E-state index in [2.05, 4.69) is 37.4 Å². The normalized spacial score (nSPS) is 22.3. The molecule has 1 unspecified atom stereocenters. The molecule has 0 saturated carbocycles. The van der Waals surface area contributed by atoms with Crippen LogP contribution in [-0.4, -0.2) is 18.6 Å². The minimum absolute atomic E-state index is 0.0743. The van der Waals surface area contributed by atoms with Crippen LogP contribution in [0.25, 0.3) is 0 Å². The lowest BCUT2D eigenvalue weighted by molar-refractivity contribution is -0.119. The average molecular weight is 275 g/mol. The van der Waals surface area contributed by atoms with Crippen LogP contribution in [0.15, 0.2) is 24.3 Å². The first-order valence-corrected chi connectivity index (χ1v) is 7.41. The summed E-state index contributed by atoms with van der Waals surface area (Å²) < 4.78 is 5.28. The van der Waals surface area contributed by atoms with Crippen LogP contribution >= 0.6 is 0 Å². The fourth-order valence-electron chi connectivity index (χ4n) is 3.30. The lowest BCUT2D eigenvalue weighted by Crippen LogP contribution is -2.44. The van der Waals surface area contributed by atoms with Crippen LogP contribution in [0.5, 0.6) is 0 Å². The molecular formula is C17H25NO2. The van der Waals surface area contributed by atoms with Gasteiger partial charge in [-0.2, -0.15) is 0 Å². The molecule has 1 aromatic rings. The number of hydrogen-bond acceptors (Lipinski definition) is 2. The molecule has 1 saturated heterocycles. The zero-order chi connectivity index (χ0) is 14.6. The SMILES string of the molecule is COCc1ccccc1CC1(CC(C)C)CCC(=O)N1. The zero-order valence-corrected chi connectivity index (χ0v) is 12.7. The number of ether oxygens (including phenoxy) is 1. The minimum Gasteiger partial charge on any atom is -0.380 e. The van der Waals surface area contributed by atoms with E-state index < -0.39 is 0 Å². The van der Waals surface area contributed by atoms with E-state index in [4.69, 9.17) is 4.74 Å². The highest BCUT2D eigenvalue weighted by molar-refractivity contribution is 5.79. The molecule has 0 spiro atoms. The number of carbonyl (C=O) groups is 1. The van der Waals surface area contributed by atoms with Crippen molar-refractivity contribution in [2.75, 3.05) is 7.11 Å². The smallest absolute Gasteiger partial charge is 0.220 e. The maximum absolute atomic E-state index is 11.7. The summed E-state index contributed by atoms with van der Waals surface area (Å²) in [4.78, 5) is 11.7. The summed E-state index contributed by atoms with van der Waals surface area (Å²) in [6.45, 7) is 5.06. The maximum Gasteiger partial charge on any atom is 0.220 e. The molecule has 110 valence electrons. The van der Waals surface area contributed by atoms with Crippen molar-refractivity contribution in [2.24, 2.45) is 5.92 Å². The Kier molecular flexibility index (Phi) is 4.81. The molecule has 1 fully saturated rings. The fraction of sp³-hybridized carbons (Fsp3) is 0.588.